The zero-order valence-corrected chi connectivity index (χ0v) is 19.7. The van der Waals surface area contributed by atoms with E-state index in [2.05, 4.69) is 37.7 Å². The van der Waals surface area contributed by atoms with Crippen molar-refractivity contribution in [3.63, 3.8) is 0 Å². The van der Waals surface area contributed by atoms with E-state index < -0.39 is 25.6 Å². The molecule has 0 fully saturated rings. The number of carbonyl (C=O) groups excluding carboxylic acids is 2. The Bertz CT molecular complexity index is 605. The van der Waals surface area contributed by atoms with Crippen LogP contribution in [0, 0.1) is 0 Å². The SMILES string of the molecule is CCCCCC[Si](C)(CCCC(N)(C(=O)OCC)C(=O)OCC)c1ccccc1. The van der Waals surface area contributed by atoms with Crippen molar-refractivity contribution in [2.45, 2.75) is 83.5 Å². The van der Waals surface area contributed by atoms with Crippen molar-refractivity contribution >= 4 is 25.2 Å². The molecular formula is C23H39NO4Si. The van der Waals surface area contributed by atoms with Crippen molar-refractivity contribution in [3.8, 4) is 0 Å². The third kappa shape index (κ3) is 7.59. The molecule has 0 spiro atoms. The molecule has 0 aliphatic carbocycles. The van der Waals surface area contributed by atoms with E-state index in [0.29, 0.717) is 6.42 Å². The second-order valence-corrected chi connectivity index (χ2v) is 12.7. The fourth-order valence-corrected chi connectivity index (χ4v) is 7.57. The van der Waals surface area contributed by atoms with Crippen molar-refractivity contribution in [2.75, 3.05) is 13.2 Å². The number of nitrogens with two attached hydrogens (primary N) is 1. The summed E-state index contributed by atoms with van der Waals surface area (Å²) < 4.78 is 10.2. The quantitative estimate of drug-likeness (QED) is 0.211. The maximum absolute atomic E-state index is 12.4. The van der Waals surface area contributed by atoms with Crippen LogP contribution in [-0.2, 0) is 19.1 Å². The van der Waals surface area contributed by atoms with Crippen molar-refractivity contribution < 1.29 is 19.1 Å². The van der Waals surface area contributed by atoms with Gasteiger partial charge in [0.25, 0.3) is 0 Å². The van der Waals surface area contributed by atoms with Crippen LogP contribution in [0.15, 0.2) is 30.3 Å². The van der Waals surface area contributed by atoms with Gasteiger partial charge in [-0.2, -0.15) is 0 Å². The van der Waals surface area contributed by atoms with Crippen LogP contribution >= 0.6 is 0 Å². The third-order valence-corrected chi connectivity index (χ3v) is 10.3. The molecule has 0 amide bonds. The predicted octanol–water partition coefficient (Wildman–Crippen LogP) is 4.16. The lowest BCUT2D eigenvalue weighted by Gasteiger charge is -2.30. The second-order valence-electron chi connectivity index (χ2n) is 8.00. The molecule has 0 saturated heterocycles. The molecule has 6 heteroatoms. The summed E-state index contributed by atoms with van der Waals surface area (Å²) in [7, 11) is -1.74. The van der Waals surface area contributed by atoms with E-state index in [1.54, 1.807) is 13.8 Å². The Morgan fingerprint density at radius 3 is 1.97 bits per heavy atom. The molecule has 0 aromatic heterocycles. The number of ether oxygens (including phenoxy) is 2. The summed E-state index contributed by atoms with van der Waals surface area (Å²) >= 11 is 0. The van der Waals surface area contributed by atoms with Crippen LogP contribution in [-0.4, -0.2) is 38.8 Å². The standard InChI is InChI=1S/C23H39NO4Si/c1-5-8-9-13-18-29(4,20-15-11-10-12-16-20)19-14-17-23(24,21(25)27-6-2)22(26)28-7-3/h10-12,15-16H,5-9,13-14,17-19,24H2,1-4H3. The lowest BCUT2D eigenvalue weighted by molar-refractivity contribution is -0.164. The molecule has 0 aliphatic rings. The molecule has 164 valence electrons. The summed E-state index contributed by atoms with van der Waals surface area (Å²) in [6.07, 6.45) is 5.89. The Hall–Kier alpha value is -1.66. The molecule has 1 atom stereocenters. The van der Waals surface area contributed by atoms with Crippen LogP contribution in [0.1, 0.15) is 59.3 Å². The van der Waals surface area contributed by atoms with E-state index in [1.165, 1.54) is 36.9 Å². The molecule has 1 rings (SSSR count). The second kappa shape index (κ2) is 12.8. The highest BCUT2D eigenvalue weighted by Gasteiger charge is 2.45. The minimum atomic E-state index is -1.74. The van der Waals surface area contributed by atoms with Gasteiger partial charge in [-0.15, -0.1) is 0 Å². The van der Waals surface area contributed by atoms with Crippen LogP contribution in [0.25, 0.3) is 0 Å². The van der Waals surface area contributed by atoms with E-state index in [4.69, 9.17) is 15.2 Å². The topological polar surface area (TPSA) is 78.6 Å². The molecule has 1 unspecified atom stereocenters. The number of hydrogen-bond acceptors (Lipinski definition) is 5. The van der Waals surface area contributed by atoms with Crippen molar-refractivity contribution in [3.05, 3.63) is 30.3 Å². The van der Waals surface area contributed by atoms with Gasteiger partial charge in [-0.05, 0) is 20.3 Å². The van der Waals surface area contributed by atoms with Gasteiger partial charge in [0.2, 0.25) is 5.54 Å². The van der Waals surface area contributed by atoms with Gasteiger partial charge in [-0.1, -0.05) is 93.2 Å². The minimum Gasteiger partial charge on any atom is -0.464 e. The number of hydrogen-bond donors (Lipinski definition) is 1. The number of rotatable bonds is 14. The molecule has 5 nitrogen and oxygen atoms in total. The molecule has 1 aromatic rings. The van der Waals surface area contributed by atoms with Crippen LogP contribution in [0.4, 0.5) is 0 Å². The summed E-state index contributed by atoms with van der Waals surface area (Å²) in [6.45, 7) is 8.41. The highest BCUT2D eigenvalue weighted by atomic mass is 28.3. The summed E-state index contributed by atoms with van der Waals surface area (Å²) in [6, 6.07) is 12.8. The van der Waals surface area contributed by atoms with E-state index in [0.717, 1.165) is 6.04 Å². The van der Waals surface area contributed by atoms with E-state index in [-0.39, 0.29) is 19.6 Å². The third-order valence-electron chi connectivity index (χ3n) is 5.63. The van der Waals surface area contributed by atoms with Gasteiger partial charge in [0.1, 0.15) is 0 Å². The van der Waals surface area contributed by atoms with Gasteiger partial charge in [0.15, 0.2) is 0 Å². The molecule has 0 aliphatic heterocycles. The summed E-state index contributed by atoms with van der Waals surface area (Å²) in [4.78, 5) is 24.8. The molecule has 0 heterocycles. The Balaban J connectivity index is 2.89. The van der Waals surface area contributed by atoms with Crippen molar-refractivity contribution in [1.82, 2.24) is 0 Å². The molecule has 0 saturated carbocycles. The fraction of sp³-hybridized carbons (Fsp3) is 0.652. The van der Waals surface area contributed by atoms with Crippen molar-refractivity contribution in [2.24, 2.45) is 5.73 Å². The zero-order chi connectivity index (χ0) is 21.8. The average Bonchev–Trinajstić information content (AvgIpc) is 2.72. The van der Waals surface area contributed by atoms with Crippen LogP contribution in [0.3, 0.4) is 0 Å². The first kappa shape index (κ1) is 25.4. The van der Waals surface area contributed by atoms with Gasteiger partial charge in [-0.25, -0.2) is 9.59 Å². The number of carbonyl (C=O) groups is 2. The molecule has 0 bridgehead atoms. The van der Waals surface area contributed by atoms with Gasteiger partial charge < -0.3 is 15.2 Å². The maximum Gasteiger partial charge on any atom is 0.337 e. The lowest BCUT2D eigenvalue weighted by Crippen LogP contribution is -2.57. The molecule has 1 aromatic carbocycles. The van der Waals surface area contributed by atoms with Crippen LogP contribution < -0.4 is 10.9 Å². The smallest absolute Gasteiger partial charge is 0.337 e. The predicted molar refractivity (Wildman–Crippen MR) is 121 cm³/mol. The Morgan fingerprint density at radius 2 is 1.45 bits per heavy atom. The van der Waals surface area contributed by atoms with Crippen LogP contribution in [0.2, 0.25) is 18.6 Å². The maximum atomic E-state index is 12.4. The van der Waals surface area contributed by atoms with Gasteiger partial charge >= 0.3 is 11.9 Å². The van der Waals surface area contributed by atoms with Crippen LogP contribution in [0.5, 0.6) is 0 Å². The van der Waals surface area contributed by atoms with E-state index >= 15 is 0 Å². The Kier molecular flexibility index (Phi) is 11.2. The van der Waals surface area contributed by atoms with E-state index in [9.17, 15) is 9.59 Å². The average molecular weight is 422 g/mol. The Morgan fingerprint density at radius 1 is 0.897 bits per heavy atom. The Labute approximate surface area is 177 Å². The van der Waals surface area contributed by atoms with Gasteiger partial charge in [-0.3, -0.25) is 0 Å². The van der Waals surface area contributed by atoms with Crippen molar-refractivity contribution in [1.29, 1.82) is 0 Å². The monoisotopic (exact) mass is 421 g/mol. The first-order valence-corrected chi connectivity index (χ1v) is 13.9. The first-order valence-electron chi connectivity index (χ1n) is 11.0. The first-order chi connectivity index (χ1) is 13.8. The number of unbranched alkanes of at least 4 members (excludes halogenated alkanes) is 3. The highest BCUT2D eigenvalue weighted by molar-refractivity contribution is 6.90. The molecule has 2 N–H and O–H groups in total. The van der Waals surface area contributed by atoms with Gasteiger partial charge in [0, 0.05) is 0 Å². The largest absolute Gasteiger partial charge is 0.464 e. The van der Waals surface area contributed by atoms with Gasteiger partial charge in [0.05, 0.1) is 21.3 Å². The molecular weight excluding hydrogens is 382 g/mol. The number of benzene rings is 1. The summed E-state index contributed by atoms with van der Waals surface area (Å²) in [5.74, 6) is -1.38. The number of esters is 2. The molecule has 29 heavy (non-hydrogen) atoms. The summed E-state index contributed by atoms with van der Waals surface area (Å²) in [5.41, 5.74) is 4.51. The highest BCUT2D eigenvalue weighted by Crippen LogP contribution is 2.25. The van der Waals surface area contributed by atoms with E-state index in [1.807, 2.05) is 6.07 Å². The fourth-order valence-electron chi connectivity index (χ4n) is 3.76. The zero-order valence-electron chi connectivity index (χ0n) is 18.7. The summed E-state index contributed by atoms with van der Waals surface area (Å²) in [5, 5.41) is 1.42. The lowest BCUT2D eigenvalue weighted by atomic mass is 9.95. The minimum absolute atomic E-state index is 0.186. The normalized spacial score (nSPS) is 13.6. The molecule has 0 radical (unpaired) electrons.